The molecular formula is C35H35N2O6S4+. The van der Waals surface area contributed by atoms with Crippen LogP contribution in [0, 0.1) is 0 Å². The molecule has 0 spiro atoms. The average molecular weight is 708 g/mol. The number of aromatic nitrogens is 1. The van der Waals surface area contributed by atoms with Crippen LogP contribution in [0.5, 0.6) is 0 Å². The fourth-order valence-electron chi connectivity index (χ4n) is 5.52. The molecule has 47 heavy (non-hydrogen) atoms. The highest BCUT2D eigenvalue weighted by atomic mass is 32.2. The van der Waals surface area contributed by atoms with Crippen LogP contribution < -0.4 is 9.47 Å². The van der Waals surface area contributed by atoms with Gasteiger partial charge in [-0.3, -0.25) is 9.11 Å². The Morgan fingerprint density at radius 1 is 0.745 bits per heavy atom. The first kappa shape index (κ1) is 33.4. The van der Waals surface area contributed by atoms with Gasteiger partial charge >= 0.3 is 0 Å². The highest BCUT2D eigenvalue weighted by molar-refractivity contribution is 8.04. The van der Waals surface area contributed by atoms with Crippen molar-refractivity contribution >= 4 is 65.3 Å². The normalized spacial score (nSPS) is 15.7. The molecule has 0 aliphatic carbocycles. The Balaban J connectivity index is 1.45. The number of nitrogens with zero attached hydrogens (tertiary/aromatic N) is 2. The lowest BCUT2D eigenvalue weighted by atomic mass is 10.0. The van der Waals surface area contributed by atoms with E-state index >= 15 is 0 Å². The lowest BCUT2D eigenvalue weighted by Gasteiger charge is -2.22. The number of hydrogen-bond acceptors (Lipinski definition) is 7. The minimum absolute atomic E-state index is 0.213. The van der Waals surface area contributed by atoms with Crippen LogP contribution in [0.2, 0.25) is 0 Å². The van der Waals surface area contributed by atoms with E-state index in [1.54, 1.807) is 23.1 Å². The molecule has 5 aromatic rings. The quantitative estimate of drug-likeness (QED) is 0.106. The number of fused-ring (bicyclic) bond motifs is 2. The molecule has 2 heterocycles. The van der Waals surface area contributed by atoms with E-state index in [1.807, 2.05) is 60.7 Å². The van der Waals surface area contributed by atoms with Crippen LogP contribution in [0.1, 0.15) is 31.7 Å². The Hall–Kier alpha value is -3.52. The van der Waals surface area contributed by atoms with Gasteiger partial charge in [-0.1, -0.05) is 95.9 Å². The number of benzene rings is 4. The van der Waals surface area contributed by atoms with E-state index in [9.17, 15) is 25.9 Å². The molecule has 1 aliphatic rings. The summed E-state index contributed by atoms with van der Waals surface area (Å²) in [7, 11) is -8.41. The molecule has 2 unspecified atom stereocenters. The van der Waals surface area contributed by atoms with Crippen LogP contribution >= 0.6 is 23.1 Å². The maximum Gasteiger partial charge on any atom is 0.267 e. The number of aryl methyl sites for hydroxylation is 1. The van der Waals surface area contributed by atoms with Crippen molar-refractivity contribution in [2.45, 2.75) is 48.6 Å². The minimum atomic E-state index is -4.20. The Labute approximate surface area is 283 Å². The van der Waals surface area contributed by atoms with E-state index in [0.29, 0.717) is 13.1 Å². The van der Waals surface area contributed by atoms with Gasteiger partial charge in [0.05, 0.1) is 27.3 Å². The van der Waals surface area contributed by atoms with Gasteiger partial charge in [0, 0.05) is 23.9 Å². The fraction of sp³-hybridized carbons (Fsp3) is 0.229. The first-order valence-corrected chi connectivity index (χ1v) is 19.8. The molecule has 0 fully saturated rings. The summed E-state index contributed by atoms with van der Waals surface area (Å²) < 4.78 is 70.2. The predicted molar refractivity (Wildman–Crippen MR) is 192 cm³/mol. The molecule has 4 aromatic carbocycles. The molecule has 12 heteroatoms. The standard InChI is InChI=1S/C35H34N2O6S4/c1-24(46(38,39)40)17-19-36-30-21-28(26-9-5-3-6-10-26)13-15-32(30)44-34(36)23-35-37(20-18-25(2)47(41,42)43)31-22-29(14-16-33(31)45-35)27-11-7-4-8-12-27/h3-16,21-25H,17-20H2,1-2H3,(H-,38,39,40,41,42,43)/p+1. The summed E-state index contributed by atoms with van der Waals surface area (Å²) in [4.78, 5) is 3.12. The van der Waals surface area contributed by atoms with Crippen molar-refractivity contribution in [3.8, 4) is 22.3 Å². The number of rotatable bonds is 11. The molecule has 0 amide bonds. The Morgan fingerprint density at radius 2 is 1.32 bits per heavy atom. The minimum Gasteiger partial charge on any atom is -0.335 e. The summed E-state index contributed by atoms with van der Waals surface area (Å²) in [6, 6.07) is 32.6. The van der Waals surface area contributed by atoms with Gasteiger partial charge in [-0.25, -0.2) is 0 Å². The monoisotopic (exact) mass is 707 g/mol. The Bertz CT molecular complexity index is 2170. The van der Waals surface area contributed by atoms with E-state index in [2.05, 4.69) is 51.9 Å². The second-order valence-electron chi connectivity index (χ2n) is 11.7. The Kier molecular flexibility index (Phi) is 9.62. The zero-order valence-corrected chi connectivity index (χ0v) is 29.1. The summed E-state index contributed by atoms with van der Waals surface area (Å²) in [5, 5.41) is -0.108. The van der Waals surface area contributed by atoms with Crippen LogP contribution in [-0.2, 0) is 26.8 Å². The molecule has 0 saturated carbocycles. The third kappa shape index (κ3) is 7.48. The summed E-state index contributed by atoms with van der Waals surface area (Å²) in [5.74, 6) is 0. The van der Waals surface area contributed by atoms with Crippen LogP contribution in [0.3, 0.4) is 0 Å². The van der Waals surface area contributed by atoms with Crippen LogP contribution in [0.25, 0.3) is 38.5 Å². The van der Waals surface area contributed by atoms with Gasteiger partial charge in [-0.05, 0) is 60.7 Å². The molecule has 6 rings (SSSR count). The van der Waals surface area contributed by atoms with Gasteiger partial charge in [-0.2, -0.15) is 21.4 Å². The van der Waals surface area contributed by atoms with Gasteiger partial charge in [0.2, 0.25) is 5.52 Å². The summed E-state index contributed by atoms with van der Waals surface area (Å²) in [5.41, 5.74) is 6.09. The predicted octanol–water partition coefficient (Wildman–Crippen LogP) is 7.77. The topological polar surface area (TPSA) is 116 Å². The molecule has 1 aliphatic heterocycles. The van der Waals surface area contributed by atoms with E-state index in [4.69, 9.17) is 0 Å². The molecule has 8 nitrogen and oxygen atoms in total. The fourth-order valence-corrected chi connectivity index (χ4v) is 8.62. The van der Waals surface area contributed by atoms with Gasteiger partial charge < -0.3 is 4.90 Å². The smallest absolute Gasteiger partial charge is 0.267 e. The summed E-state index contributed by atoms with van der Waals surface area (Å²) in [6.45, 7) is 3.72. The first-order valence-electron chi connectivity index (χ1n) is 15.2. The second-order valence-corrected chi connectivity index (χ2v) is 17.4. The molecule has 0 bridgehead atoms. The van der Waals surface area contributed by atoms with Crippen molar-refractivity contribution in [3.63, 3.8) is 0 Å². The van der Waals surface area contributed by atoms with Gasteiger partial charge in [0.25, 0.3) is 25.2 Å². The van der Waals surface area contributed by atoms with Gasteiger partial charge in [0.15, 0.2) is 6.54 Å². The van der Waals surface area contributed by atoms with Crippen LogP contribution in [0.4, 0.5) is 5.69 Å². The van der Waals surface area contributed by atoms with Gasteiger partial charge in [-0.15, -0.1) is 0 Å². The second kappa shape index (κ2) is 13.5. The lowest BCUT2D eigenvalue weighted by Crippen LogP contribution is -2.37. The van der Waals surface area contributed by atoms with E-state index in [0.717, 1.165) is 53.1 Å². The molecule has 2 N–H and O–H groups in total. The maximum absolute atomic E-state index is 11.9. The summed E-state index contributed by atoms with van der Waals surface area (Å²) in [6.07, 6.45) is 2.49. The highest BCUT2D eigenvalue weighted by Crippen LogP contribution is 2.48. The molecule has 244 valence electrons. The highest BCUT2D eigenvalue weighted by Gasteiger charge is 2.31. The van der Waals surface area contributed by atoms with Crippen molar-refractivity contribution in [2.24, 2.45) is 0 Å². The summed E-state index contributed by atoms with van der Waals surface area (Å²) >= 11 is 3.16. The van der Waals surface area contributed by atoms with E-state index in [1.165, 1.54) is 13.8 Å². The maximum atomic E-state index is 11.9. The zero-order valence-electron chi connectivity index (χ0n) is 25.9. The van der Waals surface area contributed by atoms with Gasteiger partial charge in [0.1, 0.15) is 4.70 Å². The molecule has 2 atom stereocenters. The Morgan fingerprint density at radius 3 is 1.94 bits per heavy atom. The van der Waals surface area contributed by atoms with E-state index < -0.39 is 30.7 Å². The molecule has 0 saturated heterocycles. The SMILES string of the molecule is CC(CCN1C(=Cc2sc3ccc(-c4ccccc4)cc3[n+]2CCC(C)S(=O)(=O)O)Sc2ccc(-c3ccccc3)cc21)S(=O)(=O)O. The number of hydrogen-bond donors (Lipinski definition) is 2. The number of anilines is 1. The van der Waals surface area contributed by atoms with E-state index in [-0.39, 0.29) is 12.8 Å². The van der Waals surface area contributed by atoms with Crippen molar-refractivity contribution in [1.29, 1.82) is 0 Å². The van der Waals surface area contributed by atoms with Crippen LogP contribution in [-0.4, -0.2) is 43.0 Å². The molecule has 1 aromatic heterocycles. The lowest BCUT2D eigenvalue weighted by molar-refractivity contribution is -0.669. The third-order valence-corrected chi connectivity index (χ3v) is 13.2. The van der Waals surface area contributed by atoms with Crippen molar-refractivity contribution in [3.05, 3.63) is 107 Å². The van der Waals surface area contributed by atoms with Crippen molar-refractivity contribution in [2.75, 3.05) is 11.4 Å². The number of thiazole rings is 1. The van der Waals surface area contributed by atoms with Crippen molar-refractivity contribution in [1.82, 2.24) is 0 Å². The zero-order chi connectivity index (χ0) is 33.3. The third-order valence-electron chi connectivity index (χ3n) is 8.46. The molecular weight excluding hydrogens is 673 g/mol. The average Bonchev–Trinajstić information content (AvgIpc) is 3.58. The van der Waals surface area contributed by atoms with Crippen LogP contribution in [0.15, 0.2) is 107 Å². The molecule has 0 radical (unpaired) electrons. The largest absolute Gasteiger partial charge is 0.335 e. The first-order chi connectivity index (χ1) is 22.4. The number of thioether (sulfide) groups is 1. The van der Waals surface area contributed by atoms with Crippen molar-refractivity contribution < 1.29 is 30.5 Å².